The van der Waals surface area contributed by atoms with Gasteiger partial charge in [-0.15, -0.1) is 0 Å². The summed E-state index contributed by atoms with van der Waals surface area (Å²) in [6, 6.07) is 7.48. The lowest BCUT2D eigenvalue weighted by Gasteiger charge is -2.39. The second kappa shape index (κ2) is 7.22. The Morgan fingerprint density at radius 3 is 2.73 bits per heavy atom. The van der Waals surface area contributed by atoms with Gasteiger partial charge in [-0.05, 0) is 48.3 Å². The Hall–Kier alpha value is -1.56. The first-order valence-electron chi connectivity index (χ1n) is 8.99. The van der Waals surface area contributed by atoms with Gasteiger partial charge in [-0.25, -0.2) is 4.79 Å². The number of nitrogens with zero attached hydrogens (tertiary/aromatic N) is 1. The second-order valence-corrected chi connectivity index (χ2v) is 9.56. The van der Waals surface area contributed by atoms with Crippen molar-refractivity contribution in [3.8, 4) is 5.75 Å². The number of halogens is 1. The molecule has 1 aliphatic heterocycles. The van der Waals surface area contributed by atoms with Crippen LogP contribution in [0.4, 0.5) is 0 Å². The first kappa shape index (κ1) is 19.2. The Morgan fingerprint density at radius 1 is 1.23 bits per heavy atom. The first-order chi connectivity index (χ1) is 12.2. The molecular formula is C20H26BrNO4. The quantitative estimate of drug-likeness (QED) is 0.675. The molecule has 5 nitrogen and oxygen atoms in total. The maximum absolute atomic E-state index is 12.6. The standard InChI is InChI=1S/C20H26BrNO4/c1-19(2)8-15-9-20(3,12-19)13-22(15)17(23)10-26-18(24)11-25-16-6-4-5-14(21)7-16/h4-7,15H,8-13H2,1-3H3/t15-,20-/m1/s1. The van der Waals surface area contributed by atoms with E-state index in [1.54, 1.807) is 12.1 Å². The van der Waals surface area contributed by atoms with Gasteiger partial charge in [-0.2, -0.15) is 0 Å². The third kappa shape index (κ3) is 4.58. The minimum absolute atomic E-state index is 0.104. The molecule has 1 amide bonds. The predicted octanol–water partition coefficient (Wildman–Crippen LogP) is 3.80. The minimum Gasteiger partial charge on any atom is -0.482 e. The summed E-state index contributed by atoms with van der Waals surface area (Å²) in [7, 11) is 0. The van der Waals surface area contributed by atoms with Gasteiger partial charge in [0.1, 0.15) is 5.75 Å². The molecule has 2 atom stereocenters. The number of esters is 1. The molecule has 1 saturated carbocycles. The molecule has 1 aliphatic carbocycles. The zero-order valence-electron chi connectivity index (χ0n) is 15.6. The van der Waals surface area contributed by atoms with E-state index < -0.39 is 5.97 Å². The number of fused-ring (bicyclic) bond motifs is 2. The molecule has 26 heavy (non-hydrogen) atoms. The van der Waals surface area contributed by atoms with Crippen LogP contribution < -0.4 is 4.74 Å². The molecule has 1 aromatic carbocycles. The van der Waals surface area contributed by atoms with Crippen molar-refractivity contribution in [3.63, 3.8) is 0 Å². The largest absolute Gasteiger partial charge is 0.482 e. The molecule has 0 N–H and O–H groups in total. The lowest BCUT2D eigenvalue weighted by Crippen LogP contribution is -2.40. The summed E-state index contributed by atoms with van der Waals surface area (Å²) >= 11 is 3.34. The van der Waals surface area contributed by atoms with Crippen LogP contribution in [0, 0.1) is 10.8 Å². The van der Waals surface area contributed by atoms with Crippen LogP contribution in [0.25, 0.3) is 0 Å². The van der Waals surface area contributed by atoms with Gasteiger partial charge in [0.2, 0.25) is 0 Å². The predicted molar refractivity (Wildman–Crippen MR) is 102 cm³/mol. The minimum atomic E-state index is -0.535. The van der Waals surface area contributed by atoms with E-state index in [9.17, 15) is 9.59 Å². The van der Waals surface area contributed by atoms with E-state index in [1.807, 2.05) is 17.0 Å². The highest BCUT2D eigenvalue weighted by Crippen LogP contribution is 2.52. The highest BCUT2D eigenvalue weighted by molar-refractivity contribution is 9.10. The van der Waals surface area contributed by atoms with Gasteiger partial charge in [0.15, 0.2) is 13.2 Å². The Bertz CT molecular complexity index is 705. The van der Waals surface area contributed by atoms with Crippen molar-refractivity contribution in [1.29, 1.82) is 0 Å². The summed E-state index contributed by atoms with van der Waals surface area (Å²) in [5, 5.41) is 0. The average molecular weight is 424 g/mol. The van der Waals surface area contributed by atoms with Crippen molar-refractivity contribution in [2.24, 2.45) is 10.8 Å². The number of hydrogen-bond acceptors (Lipinski definition) is 4. The van der Waals surface area contributed by atoms with Crippen LogP contribution in [-0.4, -0.2) is 42.6 Å². The van der Waals surface area contributed by atoms with Gasteiger partial charge in [-0.1, -0.05) is 42.8 Å². The molecule has 3 rings (SSSR count). The van der Waals surface area contributed by atoms with Crippen LogP contribution in [0.1, 0.15) is 40.0 Å². The van der Waals surface area contributed by atoms with Crippen LogP contribution in [-0.2, 0) is 14.3 Å². The maximum atomic E-state index is 12.6. The number of hydrogen-bond donors (Lipinski definition) is 0. The molecule has 2 bridgehead atoms. The SMILES string of the molecule is CC1(C)C[C@@H]2C[C@@](C)(CN2C(=O)COC(=O)COc2cccc(Br)c2)C1. The Morgan fingerprint density at radius 2 is 2.00 bits per heavy atom. The van der Waals surface area contributed by atoms with E-state index in [0.29, 0.717) is 5.75 Å². The molecular weight excluding hydrogens is 398 g/mol. The van der Waals surface area contributed by atoms with E-state index >= 15 is 0 Å². The van der Waals surface area contributed by atoms with E-state index in [0.717, 1.165) is 30.3 Å². The zero-order valence-corrected chi connectivity index (χ0v) is 17.2. The summed E-state index contributed by atoms with van der Waals surface area (Å²) in [5.41, 5.74) is 0.428. The highest BCUT2D eigenvalue weighted by Gasteiger charge is 2.50. The summed E-state index contributed by atoms with van der Waals surface area (Å²) in [4.78, 5) is 26.4. The number of ether oxygens (including phenoxy) is 2. The van der Waals surface area contributed by atoms with E-state index in [4.69, 9.17) is 9.47 Å². The van der Waals surface area contributed by atoms with Crippen molar-refractivity contribution in [2.45, 2.75) is 46.1 Å². The van der Waals surface area contributed by atoms with Gasteiger partial charge in [0.25, 0.3) is 5.91 Å². The smallest absolute Gasteiger partial charge is 0.344 e. The van der Waals surface area contributed by atoms with Gasteiger partial charge in [-0.3, -0.25) is 4.79 Å². The van der Waals surface area contributed by atoms with E-state index in [-0.39, 0.29) is 36.0 Å². The van der Waals surface area contributed by atoms with E-state index in [1.165, 1.54) is 0 Å². The van der Waals surface area contributed by atoms with Crippen LogP contribution in [0.2, 0.25) is 0 Å². The van der Waals surface area contributed by atoms with Crippen molar-refractivity contribution < 1.29 is 19.1 Å². The fourth-order valence-electron chi connectivity index (χ4n) is 4.72. The lowest BCUT2D eigenvalue weighted by atomic mass is 9.65. The topological polar surface area (TPSA) is 55.8 Å². The molecule has 0 unspecified atom stereocenters. The maximum Gasteiger partial charge on any atom is 0.344 e. The number of carbonyl (C=O) groups excluding carboxylic acids is 2. The number of amides is 1. The first-order valence-corrected chi connectivity index (χ1v) is 9.79. The number of carbonyl (C=O) groups is 2. The number of rotatable bonds is 5. The molecule has 1 heterocycles. The molecule has 2 aliphatic rings. The van der Waals surface area contributed by atoms with Crippen molar-refractivity contribution in [3.05, 3.63) is 28.7 Å². The summed E-state index contributed by atoms with van der Waals surface area (Å²) < 4.78 is 11.4. The van der Waals surface area contributed by atoms with Gasteiger partial charge < -0.3 is 14.4 Å². The van der Waals surface area contributed by atoms with Crippen molar-refractivity contribution in [1.82, 2.24) is 4.90 Å². The van der Waals surface area contributed by atoms with Gasteiger partial charge >= 0.3 is 5.97 Å². The Balaban J connectivity index is 1.47. The number of likely N-dealkylation sites (tertiary alicyclic amines) is 1. The molecule has 0 aromatic heterocycles. The van der Waals surface area contributed by atoms with E-state index in [2.05, 4.69) is 36.7 Å². The molecule has 142 valence electrons. The normalized spacial score (nSPS) is 26.5. The average Bonchev–Trinajstić information content (AvgIpc) is 2.79. The fourth-order valence-corrected chi connectivity index (χ4v) is 5.10. The van der Waals surface area contributed by atoms with Crippen LogP contribution >= 0.6 is 15.9 Å². The summed E-state index contributed by atoms with van der Waals surface area (Å²) in [5.74, 6) is -0.0644. The third-order valence-corrected chi connectivity index (χ3v) is 5.74. The lowest BCUT2D eigenvalue weighted by molar-refractivity contribution is -0.154. The van der Waals surface area contributed by atoms with Crippen LogP contribution in [0.3, 0.4) is 0 Å². The third-order valence-electron chi connectivity index (χ3n) is 5.24. The fraction of sp³-hybridized carbons (Fsp3) is 0.600. The molecule has 0 radical (unpaired) electrons. The van der Waals surface area contributed by atoms with Gasteiger partial charge in [0.05, 0.1) is 0 Å². The van der Waals surface area contributed by atoms with Crippen LogP contribution in [0.5, 0.6) is 5.75 Å². The van der Waals surface area contributed by atoms with Crippen molar-refractivity contribution in [2.75, 3.05) is 19.8 Å². The Kier molecular flexibility index (Phi) is 5.33. The molecule has 6 heteroatoms. The zero-order chi connectivity index (χ0) is 18.9. The van der Waals surface area contributed by atoms with Crippen LogP contribution in [0.15, 0.2) is 28.7 Å². The summed E-state index contributed by atoms with van der Waals surface area (Å²) in [6.07, 6.45) is 3.18. The highest BCUT2D eigenvalue weighted by atomic mass is 79.9. The molecule has 1 aromatic rings. The molecule has 0 spiro atoms. The van der Waals surface area contributed by atoms with Gasteiger partial charge in [0, 0.05) is 17.1 Å². The number of benzene rings is 1. The molecule has 2 fully saturated rings. The molecule has 1 saturated heterocycles. The second-order valence-electron chi connectivity index (χ2n) is 8.64. The monoisotopic (exact) mass is 423 g/mol. The van der Waals surface area contributed by atoms with Crippen molar-refractivity contribution >= 4 is 27.8 Å². The summed E-state index contributed by atoms with van der Waals surface area (Å²) in [6.45, 7) is 7.12. The Labute approximate surface area is 163 Å².